The maximum absolute atomic E-state index is 9.37. The molecule has 0 amide bonds. The molecule has 0 aliphatic heterocycles. The molecule has 2 aromatic carbocycles. The highest BCUT2D eigenvalue weighted by Gasteiger charge is 2.09. The lowest BCUT2D eigenvalue weighted by atomic mass is 10.1. The van der Waals surface area contributed by atoms with Gasteiger partial charge in [0.15, 0.2) is 0 Å². The zero-order chi connectivity index (χ0) is 16.4. The summed E-state index contributed by atoms with van der Waals surface area (Å²) in [7, 11) is 0. The average Bonchev–Trinajstić information content (AvgIpc) is 3.13. The van der Waals surface area contributed by atoms with E-state index in [0.717, 1.165) is 21.7 Å². The number of hydrogen-bond donors (Lipinski definition) is 0. The summed E-state index contributed by atoms with van der Waals surface area (Å²) >= 11 is 0. The number of nitrogens with zero attached hydrogens (tertiary/aromatic N) is 5. The van der Waals surface area contributed by atoms with Crippen molar-refractivity contribution in [1.82, 2.24) is 20.0 Å². The van der Waals surface area contributed by atoms with Crippen molar-refractivity contribution in [3.05, 3.63) is 60.4 Å². The van der Waals surface area contributed by atoms with Gasteiger partial charge in [0.2, 0.25) is 5.88 Å². The Kier molecular flexibility index (Phi) is 3.52. The van der Waals surface area contributed by atoms with E-state index >= 15 is 0 Å². The van der Waals surface area contributed by atoms with Crippen LogP contribution >= 0.6 is 0 Å². The molecule has 24 heavy (non-hydrogen) atoms. The third-order valence-corrected chi connectivity index (χ3v) is 3.76. The minimum atomic E-state index is 0.340. The van der Waals surface area contributed by atoms with Crippen LogP contribution in [0.4, 0.5) is 0 Å². The van der Waals surface area contributed by atoms with E-state index in [2.05, 4.69) is 21.3 Å². The molecule has 4 rings (SSSR count). The van der Waals surface area contributed by atoms with Crippen molar-refractivity contribution in [2.24, 2.45) is 0 Å². The second-order valence-electron chi connectivity index (χ2n) is 5.32. The monoisotopic (exact) mass is 315 g/mol. The van der Waals surface area contributed by atoms with Gasteiger partial charge in [-0.3, -0.25) is 0 Å². The molecule has 0 fully saturated rings. The Bertz CT molecular complexity index is 1050. The average molecular weight is 315 g/mol. The molecule has 2 heterocycles. The number of rotatable bonds is 4. The molecule has 6 nitrogen and oxygen atoms in total. The lowest BCUT2D eigenvalue weighted by molar-refractivity contribution is 0.272. The van der Waals surface area contributed by atoms with Crippen LogP contribution < -0.4 is 4.74 Å². The van der Waals surface area contributed by atoms with Crippen LogP contribution in [0.15, 0.2) is 54.9 Å². The molecule has 0 bridgehead atoms. The van der Waals surface area contributed by atoms with Crippen molar-refractivity contribution >= 4 is 21.7 Å². The van der Waals surface area contributed by atoms with Gasteiger partial charge in [-0.2, -0.15) is 20.3 Å². The van der Waals surface area contributed by atoms with Crippen molar-refractivity contribution in [2.45, 2.75) is 6.54 Å². The Morgan fingerprint density at radius 3 is 2.50 bits per heavy atom. The number of benzene rings is 2. The molecular formula is C18H13N5O. The molecule has 0 unspecified atom stereocenters. The summed E-state index contributed by atoms with van der Waals surface area (Å²) in [5, 5.41) is 20.6. The molecule has 0 saturated heterocycles. The summed E-state index contributed by atoms with van der Waals surface area (Å²) < 4.78 is 5.69. The smallest absolute Gasteiger partial charge is 0.232 e. The van der Waals surface area contributed by atoms with Crippen molar-refractivity contribution in [2.75, 3.05) is 6.61 Å². The van der Waals surface area contributed by atoms with Gasteiger partial charge >= 0.3 is 0 Å². The number of nitriles is 1. The molecule has 6 heteroatoms. The van der Waals surface area contributed by atoms with Crippen LogP contribution in [0.3, 0.4) is 0 Å². The first kappa shape index (κ1) is 14.2. The molecule has 0 saturated carbocycles. The Morgan fingerprint density at radius 2 is 1.75 bits per heavy atom. The molecule has 0 aliphatic carbocycles. The van der Waals surface area contributed by atoms with Crippen molar-refractivity contribution in [3.8, 4) is 11.9 Å². The number of aromatic nitrogens is 4. The van der Waals surface area contributed by atoms with E-state index in [4.69, 9.17) is 4.74 Å². The van der Waals surface area contributed by atoms with E-state index in [1.165, 1.54) is 4.80 Å². The first-order valence-corrected chi connectivity index (χ1v) is 7.54. The fourth-order valence-corrected chi connectivity index (χ4v) is 2.62. The molecule has 0 aliphatic rings. The zero-order valence-corrected chi connectivity index (χ0v) is 12.8. The van der Waals surface area contributed by atoms with Gasteiger partial charge in [0.1, 0.15) is 18.2 Å². The van der Waals surface area contributed by atoms with Crippen LogP contribution in [-0.2, 0) is 6.54 Å². The SMILES string of the molecule is N#Cc1cc2cc3ccccc3cc2nc1OCCn1nccn1. The molecule has 4 aromatic rings. The van der Waals surface area contributed by atoms with E-state index in [-0.39, 0.29) is 0 Å². The first-order valence-electron chi connectivity index (χ1n) is 7.54. The fourth-order valence-electron chi connectivity index (χ4n) is 2.62. The van der Waals surface area contributed by atoms with Gasteiger partial charge < -0.3 is 4.74 Å². The second kappa shape index (κ2) is 5.97. The highest BCUT2D eigenvalue weighted by molar-refractivity contribution is 5.97. The summed E-state index contributed by atoms with van der Waals surface area (Å²) in [6.07, 6.45) is 3.22. The van der Waals surface area contributed by atoms with E-state index in [9.17, 15) is 5.26 Å². The molecule has 116 valence electrons. The van der Waals surface area contributed by atoms with Gasteiger partial charge in [0, 0.05) is 5.39 Å². The number of pyridine rings is 1. The van der Waals surface area contributed by atoms with Gasteiger partial charge in [0.25, 0.3) is 0 Å². The third kappa shape index (κ3) is 2.63. The van der Waals surface area contributed by atoms with Crippen LogP contribution in [0.5, 0.6) is 5.88 Å². The minimum Gasteiger partial charge on any atom is -0.475 e. The Balaban J connectivity index is 1.68. The standard InChI is InChI=1S/C18H13N5O/c19-12-16-10-15-9-13-3-1-2-4-14(13)11-17(15)22-18(16)24-8-7-23-20-5-6-21-23/h1-6,9-11H,7-8H2. The largest absolute Gasteiger partial charge is 0.475 e. The fraction of sp³-hybridized carbons (Fsp3) is 0.111. The first-order chi connectivity index (χ1) is 11.8. The van der Waals surface area contributed by atoms with E-state index < -0.39 is 0 Å². The number of fused-ring (bicyclic) bond motifs is 2. The predicted molar refractivity (Wildman–Crippen MR) is 89.5 cm³/mol. The lowest BCUT2D eigenvalue weighted by Gasteiger charge is -2.09. The molecule has 0 atom stereocenters. The van der Waals surface area contributed by atoms with Crippen LogP contribution in [0.25, 0.3) is 21.7 Å². The maximum atomic E-state index is 9.37. The number of hydrogen-bond acceptors (Lipinski definition) is 5. The van der Waals surface area contributed by atoms with Gasteiger partial charge in [-0.1, -0.05) is 24.3 Å². The lowest BCUT2D eigenvalue weighted by Crippen LogP contribution is -2.11. The molecule has 0 spiro atoms. The topological polar surface area (TPSA) is 76.6 Å². The minimum absolute atomic E-state index is 0.340. The summed E-state index contributed by atoms with van der Waals surface area (Å²) in [6, 6.07) is 16.1. The van der Waals surface area contributed by atoms with Gasteiger partial charge in [-0.25, -0.2) is 4.98 Å². The van der Waals surface area contributed by atoms with E-state index in [1.54, 1.807) is 12.4 Å². The summed E-state index contributed by atoms with van der Waals surface area (Å²) in [5.41, 5.74) is 1.23. The van der Waals surface area contributed by atoms with E-state index in [1.807, 2.05) is 42.5 Å². The third-order valence-electron chi connectivity index (χ3n) is 3.76. The van der Waals surface area contributed by atoms with E-state index in [0.29, 0.717) is 24.6 Å². The van der Waals surface area contributed by atoms with Crippen LogP contribution in [0.2, 0.25) is 0 Å². The summed E-state index contributed by atoms with van der Waals surface area (Å²) in [5.74, 6) is 0.340. The van der Waals surface area contributed by atoms with Gasteiger partial charge in [-0.05, 0) is 29.0 Å². The Hall–Kier alpha value is -3.46. The van der Waals surface area contributed by atoms with Crippen molar-refractivity contribution < 1.29 is 4.74 Å². The molecule has 0 N–H and O–H groups in total. The van der Waals surface area contributed by atoms with Crippen LogP contribution in [0.1, 0.15) is 5.56 Å². The van der Waals surface area contributed by atoms with Gasteiger partial charge in [-0.15, -0.1) is 0 Å². The normalized spacial score (nSPS) is 10.8. The van der Waals surface area contributed by atoms with Crippen molar-refractivity contribution in [1.29, 1.82) is 5.26 Å². The number of ether oxygens (including phenoxy) is 1. The molecule has 2 aromatic heterocycles. The quantitative estimate of drug-likeness (QED) is 0.541. The van der Waals surface area contributed by atoms with Crippen LogP contribution in [0, 0.1) is 11.3 Å². The maximum Gasteiger partial charge on any atom is 0.232 e. The second-order valence-corrected chi connectivity index (χ2v) is 5.32. The summed E-state index contributed by atoms with van der Waals surface area (Å²) in [4.78, 5) is 6.05. The Labute approximate surface area is 137 Å². The molecular weight excluding hydrogens is 302 g/mol. The predicted octanol–water partition coefficient (Wildman–Crippen LogP) is 2.93. The highest BCUT2D eigenvalue weighted by Crippen LogP contribution is 2.26. The van der Waals surface area contributed by atoms with Crippen LogP contribution in [-0.4, -0.2) is 26.6 Å². The highest BCUT2D eigenvalue weighted by atomic mass is 16.5. The van der Waals surface area contributed by atoms with Gasteiger partial charge in [0.05, 0.1) is 24.5 Å². The molecule has 0 radical (unpaired) electrons. The van der Waals surface area contributed by atoms with Crippen molar-refractivity contribution in [3.63, 3.8) is 0 Å². The Morgan fingerprint density at radius 1 is 1.00 bits per heavy atom. The summed E-state index contributed by atoms with van der Waals surface area (Å²) in [6.45, 7) is 0.838. The zero-order valence-electron chi connectivity index (χ0n) is 12.8.